The minimum Gasteiger partial charge on any atom is -0.387 e. The molecule has 0 radical (unpaired) electrons. The van der Waals surface area contributed by atoms with Crippen LogP contribution in [0.1, 0.15) is 0 Å². The zero-order valence-corrected chi connectivity index (χ0v) is 9.27. The predicted octanol–water partition coefficient (Wildman–Crippen LogP) is 1.17. The molecule has 0 heterocycles. The highest BCUT2D eigenvalue weighted by atomic mass is 32.1. The molecule has 1 aromatic rings. The second kappa shape index (κ2) is 5.53. The first-order valence-corrected chi connectivity index (χ1v) is 4.73. The van der Waals surface area contributed by atoms with E-state index in [0.29, 0.717) is 5.69 Å². The van der Waals surface area contributed by atoms with Gasteiger partial charge >= 0.3 is 0 Å². The number of hydrogen-bond acceptors (Lipinski definition) is 6. The Morgan fingerprint density at radius 1 is 1.53 bits per heavy atom. The molecule has 0 spiro atoms. The topological polar surface area (TPSA) is 117 Å². The second-order valence-electron chi connectivity index (χ2n) is 2.85. The van der Waals surface area contributed by atoms with Crippen LogP contribution in [0.25, 0.3) is 0 Å². The van der Waals surface area contributed by atoms with Crippen LogP contribution < -0.4 is 11.2 Å². The van der Waals surface area contributed by atoms with Crippen molar-refractivity contribution in [3.8, 4) is 6.07 Å². The lowest BCUT2D eigenvalue weighted by atomic mass is 10.3. The summed E-state index contributed by atoms with van der Waals surface area (Å²) in [6.45, 7) is 0. The Kier molecular flexibility index (Phi) is 4.08. The summed E-state index contributed by atoms with van der Waals surface area (Å²) in [5, 5.41) is 22.7. The first-order valence-electron chi connectivity index (χ1n) is 4.32. The standard InChI is InChI=1S/C9H7N5O2S/c10-5-8(9(11)17)13-12-6-1-3-7(4-2-6)14(15)16/h1-4,12H,(H2,11,17)/b13-8-. The van der Waals surface area contributed by atoms with Crippen LogP contribution in [0.15, 0.2) is 29.4 Å². The molecule has 0 aliphatic rings. The van der Waals surface area contributed by atoms with Gasteiger partial charge in [-0.15, -0.1) is 0 Å². The third kappa shape index (κ3) is 3.51. The first kappa shape index (κ1) is 12.5. The van der Waals surface area contributed by atoms with E-state index in [-0.39, 0.29) is 16.4 Å². The maximum absolute atomic E-state index is 10.4. The molecule has 0 aromatic heterocycles. The highest BCUT2D eigenvalue weighted by molar-refractivity contribution is 7.82. The van der Waals surface area contributed by atoms with Crippen LogP contribution >= 0.6 is 12.2 Å². The zero-order valence-electron chi connectivity index (χ0n) is 8.45. The number of non-ortho nitro benzene ring substituents is 1. The van der Waals surface area contributed by atoms with Gasteiger partial charge in [0.25, 0.3) is 5.69 Å². The predicted molar refractivity (Wildman–Crippen MR) is 66.6 cm³/mol. The fraction of sp³-hybridized carbons (Fsp3) is 0. The van der Waals surface area contributed by atoms with Crippen LogP contribution in [0.2, 0.25) is 0 Å². The van der Waals surface area contributed by atoms with Crippen LogP contribution in [-0.4, -0.2) is 15.6 Å². The van der Waals surface area contributed by atoms with Crippen LogP contribution in [0.5, 0.6) is 0 Å². The second-order valence-corrected chi connectivity index (χ2v) is 3.29. The Morgan fingerprint density at radius 3 is 2.53 bits per heavy atom. The SMILES string of the molecule is N#C/C(=N/Nc1ccc([N+](=O)[O-])cc1)C(N)=S. The number of nitrogens with one attached hydrogen (secondary N) is 1. The van der Waals surface area contributed by atoms with Crippen LogP contribution in [0.3, 0.4) is 0 Å². The fourth-order valence-electron chi connectivity index (χ4n) is 0.913. The monoisotopic (exact) mass is 249 g/mol. The molecule has 3 N–H and O–H groups in total. The van der Waals surface area contributed by atoms with E-state index in [0.717, 1.165) is 0 Å². The molecular formula is C9H7N5O2S. The Balaban J connectivity index is 2.80. The highest BCUT2D eigenvalue weighted by Crippen LogP contribution is 2.15. The molecule has 0 fully saturated rings. The number of nitro groups is 1. The average Bonchev–Trinajstić information content (AvgIpc) is 2.30. The smallest absolute Gasteiger partial charge is 0.269 e. The quantitative estimate of drug-likeness (QED) is 0.358. The Morgan fingerprint density at radius 2 is 2.12 bits per heavy atom. The van der Waals surface area contributed by atoms with Crippen molar-refractivity contribution in [2.24, 2.45) is 10.8 Å². The van der Waals surface area contributed by atoms with Crippen LogP contribution in [-0.2, 0) is 0 Å². The van der Waals surface area contributed by atoms with Gasteiger partial charge < -0.3 is 5.73 Å². The molecule has 0 aliphatic heterocycles. The number of anilines is 1. The van der Waals surface area contributed by atoms with Gasteiger partial charge in [-0.3, -0.25) is 15.5 Å². The van der Waals surface area contributed by atoms with Gasteiger partial charge in [-0.25, -0.2) is 0 Å². The molecule has 0 amide bonds. The van der Waals surface area contributed by atoms with Gasteiger partial charge in [0.15, 0.2) is 5.71 Å². The summed E-state index contributed by atoms with van der Waals surface area (Å²) in [4.78, 5) is 9.76. The molecule has 8 heteroatoms. The molecule has 0 saturated heterocycles. The molecule has 1 aromatic carbocycles. The molecule has 0 aliphatic carbocycles. The molecule has 0 saturated carbocycles. The highest BCUT2D eigenvalue weighted by Gasteiger charge is 2.04. The lowest BCUT2D eigenvalue weighted by Gasteiger charge is -2.00. The maximum Gasteiger partial charge on any atom is 0.269 e. The van der Waals surface area contributed by atoms with Crippen molar-refractivity contribution in [2.45, 2.75) is 0 Å². The van der Waals surface area contributed by atoms with Crippen LogP contribution in [0.4, 0.5) is 11.4 Å². The first-order chi connectivity index (χ1) is 8.04. The molecule has 0 atom stereocenters. The summed E-state index contributed by atoms with van der Waals surface area (Å²) in [5.74, 6) is 0. The van der Waals surface area contributed by atoms with Crippen molar-refractivity contribution in [2.75, 3.05) is 5.43 Å². The lowest BCUT2D eigenvalue weighted by Crippen LogP contribution is -2.20. The number of nitriles is 1. The Bertz CT molecular complexity index is 517. The third-order valence-corrected chi connectivity index (χ3v) is 1.91. The van der Waals surface area contributed by atoms with Gasteiger partial charge in [0.05, 0.1) is 10.6 Å². The van der Waals surface area contributed by atoms with Crippen LogP contribution in [0, 0.1) is 21.4 Å². The van der Waals surface area contributed by atoms with Crippen molar-refractivity contribution < 1.29 is 4.92 Å². The normalized spacial score (nSPS) is 10.4. The van der Waals surface area contributed by atoms with Gasteiger partial charge in [0, 0.05) is 12.1 Å². The van der Waals surface area contributed by atoms with E-state index in [4.69, 9.17) is 11.0 Å². The van der Waals surface area contributed by atoms with E-state index in [1.807, 2.05) is 0 Å². The van der Waals surface area contributed by atoms with Gasteiger partial charge in [-0.05, 0) is 12.1 Å². The van der Waals surface area contributed by atoms with Crippen molar-refractivity contribution >= 4 is 34.3 Å². The van der Waals surface area contributed by atoms with Crippen molar-refractivity contribution in [3.05, 3.63) is 34.4 Å². The minimum absolute atomic E-state index is 0.0330. The van der Waals surface area contributed by atoms with Gasteiger partial charge in [-0.1, -0.05) is 12.2 Å². The summed E-state index contributed by atoms with van der Waals surface area (Å²) in [7, 11) is 0. The number of thiocarbonyl (C=S) groups is 1. The van der Waals surface area contributed by atoms with E-state index in [2.05, 4.69) is 22.7 Å². The van der Waals surface area contributed by atoms with E-state index >= 15 is 0 Å². The van der Waals surface area contributed by atoms with Crippen molar-refractivity contribution in [1.82, 2.24) is 0 Å². The average molecular weight is 249 g/mol. The Hall–Kier alpha value is -2.53. The minimum atomic E-state index is -0.511. The Labute approximate surface area is 102 Å². The van der Waals surface area contributed by atoms with E-state index < -0.39 is 4.92 Å². The van der Waals surface area contributed by atoms with E-state index in [1.165, 1.54) is 24.3 Å². The third-order valence-electron chi connectivity index (χ3n) is 1.71. The summed E-state index contributed by atoms with van der Waals surface area (Å²) in [6, 6.07) is 7.24. The number of benzene rings is 1. The number of nitro benzene ring substituents is 1. The molecule has 1 rings (SSSR count). The van der Waals surface area contributed by atoms with E-state index in [9.17, 15) is 10.1 Å². The van der Waals surface area contributed by atoms with E-state index in [1.54, 1.807) is 6.07 Å². The lowest BCUT2D eigenvalue weighted by molar-refractivity contribution is -0.384. The summed E-state index contributed by atoms with van der Waals surface area (Å²) < 4.78 is 0. The summed E-state index contributed by atoms with van der Waals surface area (Å²) in [6.07, 6.45) is 0. The number of rotatable bonds is 4. The zero-order chi connectivity index (χ0) is 12.8. The largest absolute Gasteiger partial charge is 0.387 e. The fourth-order valence-corrected chi connectivity index (χ4v) is 1.00. The molecule has 86 valence electrons. The molecule has 0 bridgehead atoms. The molecule has 7 nitrogen and oxygen atoms in total. The molecular weight excluding hydrogens is 242 g/mol. The number of nitrogens with two attached hydrogens (primary N) is 1. The number of nitrogens with zero attached hydrogens (tertiary/aromatic N) is 3. The van der Waals surface area contributed by atoms with Crippen molar-refractivity contribution in [3.63, 3.8) is 0 Å². The molecule has 17 heavy (non-hydrogen) atoms. The van der Waals surface area contributed by atoms with Gasteiger partial charge in [0.1, 0.15) is 11.1 Å². The maximum atomic E-state index is 10.4. The van der Waals surface area contributed by atoms with Gasteiger partial charge in [-0.2, -0.15) is 10.4 Å². The molecule has 0 unspecified atom stereocenters. The number of hydrogen-bond donors (Lipinski definition) is 2. The van der Waals surface area contributed by atoms with Gasteiger partial charge in [0.2, 0.25) is 0 Å². The summed E-state index contributed by atoms with van der Waals surface area (Å²) in [5.41, 5.74) is 8.08. The summed E-state index contributed by atoms with van der Waals surface area (Å²) >= 11 is 4.58. The number of hydrazone groups is 1. The van der Waals surface area contributed by atoms with Crippen molar-refractivity contribution in [1.29, 1.82) is 5.26 Å².